The van der Waals surface area contributed by atoms with Crippen molar-refractivity contribution < 1.29 is 13.2 Å². The highest BCUT2D eigenvalue weighted by atomic mass is 35.5. The summed E-state index contributed by atoms with van der Waals surface area (Å²) in [5, 5.41) is 0.339. The van der Waals surface area contributed by atoms with Gasteiger partial charge in [-0.3, -0.25) is 4.79 Å². The molecule has 8 heteroatoms. The Morgan fingerprint density at radius 2 is 1.86 bits per heavy atom. The van der Waals surface area contributed by atoms with Crippen LogP contribution in [0.3, 0.4) is 0 Å². The van der Waals surface area contributed by atoms with Gasteiger partial charge in [-0.1, -0.05) is 43.6 Å². The summed E-state index contributed by atoms with van der Waals surface area (Å²) in [6, 6.07) is 10.1. The van der Waals surface area contributed by atoms with Crippen LogP contribution in [0.5, 0.6) is 0 Å². The molecule has 1 fully saturated rings. The molecule has 3 rings (SSSR count). The van der Waals surface area contributed by atoms with Gasteiger partial charge < -0.3 is 4.90 Å². The first-order chi connectivity index (χ1) is 13.3. The topological polar surface area (TPSA) is 79.4 Å². The van der Waals surface area contributed by atoms with E-state index in [1.807, 2.05) is 26.0 Å². The van der Waals surface area contributed by atoms with E-state index < -0.39 is 10.0 Å². The number of halogens is 1. The number of nitrogens with one attached hydrogen (secondary N) is 1. The molecule has 0 atom stereocenters. The number of piperidine rings is 1. The Balaban J connectivity index is 1.64. The minimum absolute atomic E-state index is 0.111. The lowest BCUT2D eigenvalue weighted by atomic mass is 10.0. The second-order valence-electron chi connectivity index (χ2n) is 7.25. The molecule has 0 saturated carbocycles. The van der Waals surface area contributed by atoms with Crippen LogP contribution in [0.25, 0.3) is 0 Å². The molecule has 2 heterocycles. The van der Waals surface area contributed by atoms with E-state index in [1.165, 1.54) is 6.20 Å². The van der Waals surface area contributed by atoms with E-state index in [1.54, 1.807) is 29.2 Å². The van der Waals surface area contributed by atoms with Crippen molar-refractivity contribution in [3.8, 4) is 0 Å². The van der Waals surface area contributed by atoms with E-state index in [9.17, 15) is 13.2 Å². The average molecular weight is 422 g/mol. The average Bonchev–Trinajstić information content (AvgIpc) is 2.68. The molecule has 1 aliphatic rings. The lowest BCUT2D eigenvalue weighted by Crippen LogP contribution is -2.46. The third-order valence-electron chi connectivity index (χ3n) is 4.91. The van der Waals surface area contributed by atoms with E-state index in [0.29, 0.717) is 41.5 Å². The maximum absolute atomic E-state index is 12.9. The fourth-order valence-electron chi connectivity index (χ4n) is 3.37. The second kappa shape index (κ2) is 8.59. The highest BCUT2D eigenvalue weighted by molar-refractivity contribution is 7.89. The van der Waals surface area contributed by atoms with Crippen LogP contribution >= 0.6 is 11.6 Å². The molecule has 0 unspecified atom stereocenters. The van der Waals surface area contributed by atoms with Crippen LogP contribution in [0.2, 0.25) is 5.15 Å². The molecule has 2 aromatic rings. The largest absolute Gasteiger partial charge is 0.338 e. The Hall–Kier alpha value is -1.96. The number of nitrogens with zero attached hydrogens (tertiary/aromatic N) is 2. The lowest BCUT2D eigenvalue weighted by molar-refractivity contribution is 0.0711. The molecule has 1 N–H and O–H groups in total. The molecule has 1 amide bonds. The number of hydrogen-bond acceptors (Lipinski definition) is 4. The van der Waals surface area contributed by atoms with Crippen molar-refractivity contribution in [1.82, 2.24) is 14.6 Å². The van der Waals surface area contributed by atoms with Crippen LogP contribution in [-0.4, -0.2) is 43.3 Å². The van der Waals surface area contributed by atoms with Crippen molar-refractivity contribution in [2.75, 3.05) is 13.1 Å². The summed E-state index contributed by atoms with van der Waals surface area (Å²) in [7, 11) is -3.61. The van der Waals surface area contributed by atoms with Gasteiger partial charge in [-0.05, 0) is 42.5 Å². The van der Waals surface area contributed by atoms with Gasteiger partial charge >= 0.3 is 0 Å². The SMILES string of the molecule is CC(C)c1ccccc1S(=O)(=O)NC1CCN(C(=O)c2ccc(Cl)nc2)CC1. The first-order valence-electron chi connectivity index (χ1n) is 9.30. The van der Waals surface area contributed by atoms with Crippen LogP contribution in [0, 0.1) is 0 Å². The number of benzene rings is 1. The minimum atomic E-state index is -3.61. The summed E-state index contributed by atoms with van der Waals surface area (Å²) in [5.74, 6) is -0.00384. The van der Waals surface area contributed by atoms with Gasteiger partial charge in [-0.15, -0.1) is 0 Å². The third-order valence-corrected chi connectivity index (χ3v) is 6.73. The fourth-order valence-corrected chi connectivity index (χ4v) is 5.16. The summed E-state index contributed by atoms with van der Waals surface area (Å²) >= 11 is 5.76. The second-order valence-corrected chi connectivity index (χ2v) is 9.32. The van der Waals surface area contributed by atoms with E-state index in [4.69, 9.17) is 11.6 Å². The maximum atomic E-state index is 12.9. The molecule has 1 saturated heterocycles. The van der Waals surface area contributed by atoms with Gasteiger partial charge in [0.05, 0.1) is 10.5 Å². The van der Waals surface area contributed by atoms with Crippen molar-refractivity contribution in [2.45, 2.75) is 43.5 Å². The molecule has 6 nitrogen and oxygen atoms in total. The van der Waals surface area contributed by atoms with Gasteiger partial charge in [0.15, 0.2) is 0 Å². The maximum Gasteiger partial charge on any atom is 0.255 e. The number of sulfonamides is 1. The highest BCUT2D eigenvalue weighted by Crippen LogP contribution is 2.24. The number of likely N-dealkylation sites (tertiary alicyclic amines) is 1. The summed E-state index contributed by atoms with van der Waals surface area (Å²) in [6.07, 6.45) is 2.59. The number of carbonyl (C=O) groups is 1. The summed E-state index contributed by atoms with van der Waals surface area (Å²) in [5.41, 5.74) is 1.28. The van der Waals surface area contributed by atoms with E-state index in [-0.39, 0.29) is 17.9 Å². The molecule has 0 radical (unpaired) electrons. The number of pyridine rings is 1. The van der Waals surface area contributed by atoms with Crippen molar-refractivity contribution in [2.24, 2.45) is 0 Å². The van der Waals surface area contributed by atoms with Crippen LogP contribution in [-0.2, 0) is 10.0 Å². The number of hydrogen-bond donors (Lipinski definition) is 1. The third kappa shape index (κ3) is 4.71. The van der Waals surface area contributed by atoms with Gasteiger partial charge in [-0.25, -0.2) is 18.1 Å². The Bertz CT molecular complexity index is 937. The molecule has 0 bridgehead atoms. The van der Waals surface area contributed by atoms with E-state index in [0.717, 1.165) is 5.56 Å². The Kier molecular flexibility index (Phi) is 6.37. The highest BCUT2D eigenvalue weighted by Gasteiger charge is 2.28. The first-order valence-corrected chi connectivity index (χ1v) is 11.2. The Labute approximate surface area is 171 Å². The van der Waals surface area contributed by atoms with Crippen molar-refractivity contribution >= 4 is 27.5 Å². The standard InChI is InChI=1S/C20H24ClN3O3S/c1-14(2)17-5-3-4-6-18(17)28(26,27)23-16-9-11-24(12-10-16)20(25)15-7-8-19(21)22-13-15/h3-8,13-14,16,23H,9-12H2,1-2H3. The fraction of sp³-hybridized carbons (Fsp3) is 0.400. The molecule has 1 aromatic carbocycles. The number of aromatic nitrogens is 1. The smallest absolute Gasteiger partial charge is 0.255 e. The number of carbonyl (C=O) groups excluding carboxylic acids is 1. The summed E-state index contributed by atoms with van der Waals surface area (Å²) < 4.78 is 28.6. The zero-order valence-corrected chi connectivity index (χ0v) is 17.5. The summed E-state index contributed by atoms with van der Waals surface area (Å²) in [6.45, 7) is 4.93. The normalized spacial score (nSPS) is 15.8. The van der Waals surface area contributed by atoms with E-state index in [2.05, 4.69) is 9.71 Å². The lowest BCUT2D eigenvalue weighted by Gasteiger charge is -2.32. The van der Waals surface area contributed by atoms with Gasteiger partial charge in [0.1, 0.15) is 5.15 Å². The molecule has 1 aliphatic heterocycles. The predicted molar refractivity (Wildman–Crippen MR) is 109 cm³/mol. The number of amides is 1. The molecule has 1 aromatic heterocycles. The van der Waals surface area contributed by atoms with Crippen molar-refractivity contribution in [3.63, 3.8) is 0 Å². The van der Waals surface area contributed by atoms with Gasteiger partial charge in [0.2, 0.25) is 10.0 Å². The first kappa shape index (κ1) is 20.8. The van der Waals surface area contributed by atoms with Crippen LogP contribution < -0.4 is 4.72 Å². The molecule has 0 spiro atoms. The van der Waals surface area contributed by atoms with E-state index >= 15 is 0 Å². The Morgan fingerprint density at radius 3 is 2.46 bits per heavy atom. The summed E-state index contributed by atoms with van der Waals surface area (Å²) in [4.78, 5) is 18.5. The number of rotatable bonds is 5. The molecule has 0 aliphatic carbocycles. The van der Waals surface area contributed by atoms with Crippen LogP contribution in [0.4, 0.5) is 0 Å². The molecular formula is C20H24ClN3O3S. The predicted octanol–water partition coefficient (Wildman–Crippen LogP) is 3.44. The zero-order valence-electron chi connectivity index (χ0n) is 15.9. The minimum Gasteiger partial charge on any atom is -0.338 e. The van der Waals surface area contributed by atoms with Crippen molar-refractivity contribution in [1.29, 1.82) is 0 Å². The van der Waals surface area contributed by atoms with Gasteiger partial charge in [0.25, 0.3) is 5.91 Å². The van der Waals surface area contributed by atoms with Crippen LogP contribution in [0.15, 0.2) is 47.5 Å². The molecule has 28 heavy (non-hydrogen) atoms. The van der Waals surface area contributed by atoms with Crippen molar-refractivity contribution in [3.05, 3.63) is 58.9 Å². The Morgan fingerprint density at radius 1 is 1.18 bits per heavy atom. The quantitative estimate of drug-likeness (QED) is 0.750. The van der Waals surface area contributed by atoms with Crippen LogP contribution in [0.1, 0.15) is 48.5 Å². The molecular weight excluding hydrogens is 398 g/mol. The molecule has 150 valence electrons. The van der Waals surface area contributed by atoms with Gasteiger partial charge in [-0.2, -0.15) is 0 Å². The monoisotopic (exact) mass is 421 g/mol. The van der Waals surface area contributed by atoms with Gasteiger partial charge in [0, 0.05) is 25.3 Å². The zero-order chi connectivity index (χ0) is 20.3.